The van der Waals surface area contributed by atoms with E-state index in [1.165, 1.54) is 36.6 Å². The lowest BCUT2D eigenvalue weighted by Gasteiger charge is -2.38. The predicted octanol–water partition coefficient (Wildman–Crippen LogP) is 4.73. The van der Waals surface area contributed by atoms with Gasteiger partial charge in [0.1, 0.15) is 23.1 Å². The van der Waals surface area contributed by atoms with E-state index in [1.807, 2.05) is 0 Å². The standard InChI is InChI=1S/C28H25FN6O4S2/c1-38-15-10-11-16(22(12-15)39-2)24-17(13-30)26(31)35(20-8-5-9-21(36)25(20)24)27-33-34-28(41-27)40-14-23(37)32-19-7-4-3-6-18(19)29/h3-4,6-7,10-12,24H,5,8-9,14,31H2,1-2H3,(H,32,37). The number of aromatic nitrogens is 2. The first-order valence-corrected chi connectivity index (χ1v) is 14.3. The van der Waals surface area contributed by atoms with E-state index < -0.39 is 17.6 Å². The third kappa shape index (κ3) is 5.48. The lowest BCUT2D eigenvalue weighted by atomic mass is 9.75. The maximum atomic E-state index is 13.9. The number of nitriles is 1. The number of allylic oxidation sites excluding steroid dienone is 3. The van der Waals surface area contributed by atoms with Gasteiger partial charge in [-0.2, -0.15) is 5.26 Å². The van der Waals surface area contributed by atoms with Crippen molar-refractivity contribution in [2.75, 3.05) is 30.2 Å². The number of Topliss-reactive ketones (excluding diaryl/α,β-unsaturated/α-hetero) is 1. The van der Waals surface area contributed by atoms with Gasteiger partial charge in [-0.3, -0.25) is 14.5 Å². The lowest BCUT2D eigenvalue weighted by molar-refractivity contribution is -0.116. The number of ketones is 1. The Labute approximate surface area is 243 Å². The van der Waals surface area contributed by atoms with E-state index in [0.717, 1.165) is 11.8 Å². The zero-order valence-electron chi connectivity index (χ0n) is 22.1. The molecule has 2 aromatic carbocycles. The van der Waals surface area contributed by atoms with E-state index >= 15 is 0 Å². The minimum Gasteiger partial charge on any atom is -0.497 e. The number of thioether (sulfide) groups is 1. The summed E-state index contributed by atoms with van der Waals surface area (Å²) in [5.74, 6) is -0.563. The molecule has 41 heavy (non-hydrogen) atoms. The average molecular weight is 593 g/mol. The van der Waals surface area contributed by atoms with Gasteiger partial charge in [0.15, 0.2) is 10.1 Å². The van der Waals surface area contributed by atoms with Crippen molar-refractivity contribution >= 4 is 45.6 Å². The summed E-state index contributed by atoms with van der Waals surface area (Å²) in [4.78, 5) is 27.4. The Hall–Kier alpha value is -4.41. The summed E-state index contributed by atoms with van der Waals surface area (Å²) in [7, 11) is 3.06. The zero-order valence-corrected chi connectivity index (χ0v) is 23.8. The number of carbonyl (C=O) groups excluding carboxylic acids is 2. The van der Waals surface area contributed by atoms with Crippen LogP contribution >= 0.6 is 23.1 Å². The van der Waals surface area contributed by atoms with Gasteiger partial charge in [-0.15, -0.1) is 10.2 Å². The summed E-state index contributed by atoms with van der Waals surface area (Å²) >= 11 is 2.31. The molecule has 1 aliphatic heterocycles. The topological polar surface area (TPSA) is 143 Å². The van der Waals surface area contributed by atoms with E-state index in [0.29, 0.717) is 57.1 Å². The Kier molecular flexibility index (Phi) is 8.23. The molecule has 5 rings (SSSR count). The molecule has 210 valence electrons. The SMILES string of the molecule is COc1ccc(C2C(C#N)=C(N)N(c3nnc(SCC(=O)Nc4ccccc4F)s3)C3=C2C(=O)CCC3)c(OC)c1. The van der Waals surface area contributed by atoms with Crippen LogP contribution in [0.4, 0.5) is 15.2 Å². The number of hydrogen-bond acceptors (Lipinski definition) is 11. The number of nitrogens with one attached hydrogen (secondary N) is 1. The van der Waals surface area contributed by atoms with Crippen LogP contribution in [0.2, 0.25) is 0 Å². The highest BCUT2D eigenvalue weighted by atomic mass is 32.2. The van der Waals surface area contributed by atoms with Crippen molar-refractivity contribution in [2.45, 2.75) is 29.5 Å². The highest BCUT2D eigenvalue weighted by molar-refractivity contribution is 8.01. The second kappa shape index (κ2) is 12.0. The quantitative estimate of drug-likeness (QED) is 0.352. The van der Waals surface area contributed by atoms with Gasteiger partial charge in [0.2, 0.25) is 11.0 Å². The minimum atomic E-state index is -0.719. The molecule has 1 unspecified atom stereocenters. The molecule has 0 spiro atoms. The van der Waals surface area contributed by atoms with E-state index in [2.05, 4.69) is 21.6 Å². The molecule has 1 amide bonds. The molecule has 0 fully saturated rings. The predicted molar refractivity (Wildman–Crippen MR) is 153 cm³/mol. The molecule has 0 bridgehead atoms. The Bertz CT molecular complexity index is 1630. The average Bonchev–Trinajstić information content (AvgIpc) is 3.45. The van der Waals surface area contributed by atoms with Gasteiger partial charge in [-0.25, -0.2) is 4.39 Å². The second-order valence-corrected chi connectivity index (χ2v) is 11.3. The molecular formula is C28H25FN6O4S2. The van der Waals surface area contributed by atoms with Gasteiger partial charge in [-0.1, -0.05) is 41.3 Å². The van der Waals surface area contributed by atoms with Crippen LogP contribution in [-0.2, 0) is 9.59 Å². The maximum absolute atomic E-state index is 13.9. The molecular weight excluding hydrogens is 567 g/mol. The Balaban J connectivity index is 1.46. The summed E-state index contributed by atoms with van der Waals surface area (Å²) in [6.07, 6.45) is 1.50. The molecule has 1 aromatic heterocycles. The maximum Gasteiger partial charge on any atom is 0.234 e. The smallest absolute Gasteiger partial charge is 0.234 e. The van der Waals surface area contributed by atoms with Crippen LogP contribution in [0, 0.1) is 17.1 Å². The summed E-state index contributed by atoms with van der Waals surface area (Å²) in [6.45, 7) is 0. The van der Waals surface area contributed by atoms with Crippen LogP contribution in [0.25, 0.3) is 0 Å². The third-order valence-corrected chi connectivity index (χ3v) is 8.77. The van der Waals surface area contributed by atoms with Crippen molar-refractivity contribution in [1.29, 1.82) is 5.26 Å². The highest BCUT2D eigenvalue weighted by Crippen LogP contribution is 2.49. The number of rotatable bonds is 8. The van der Waals surface area contributed by atoms with E-state index in [-0.39, 0.29) is 28.6 Å². The van der Waals surface area contributed by atoms with Crippen molar-refractivity contribution in [3.63, 3.8) is 0 Å². The molecule has 1 aliphatic carbocycles. The van der Waals surface area contributed by atoms with Gasteiger partial charge >= 0.3 is 0 Å². The number of carbonyl (C=O) groups is 2. The van der Waals surface area contributed by atoms with Gasteiger partial charge in [0.25, 0.3) is 0 Å². The molecule has 3 N–H and O–H groups in total. The number of methoxy groups -OCH3 is 2. The zero-order chi connectivity index (χ0) is 29.1. The molecule has 0 saturated heterocycles. The fourth-order valence-electron chi connectivity index (χ4n) is 4.90. The van der Waals surface area contributed by atoms with Crippen molar-refractivity contribution in [1.82, 2.24) is 10.2 Å². The summed E-state index contributed by atoms with van der Waals surface area (Å²) in [6, 6.07) is 13.4. The van der Waals surface area contributed by atoms with Crippen LogP contribution in [0.3, 0.4) is 0 Å². The van der Waals surface area contributed by atoms with E-state index in [1.54, 1.807) is 36.3 Å². The molecule has 2 heterocycles. The van der Waals surface area contributed by atoms with Gasteiger partial charge in [0.05, 0.1) is 43.2 Å². The van der Waals surface area contributed by atoms with Gasteiger partial charge in [0, 0.05) is 29.3 Å². The number of halogens is 1. The first kappa shape index (κ1) is 28.1. The Morgan fingerprint density at radius 1 is 1.24 bits per heavy atom. The number of anilines is 2. The lowest BCUT2D eigenvalue weighted by Crippen LogP contribution is -2.38. The van der Waals surface area contributed by atoms with E-state index in [9.17, 15) is 19.2 Å². The number of amides is 1. The van der Waals surface area contributed by atoms with Crippen molar-refractivity contribution < 1.29 is 23.5 Å². The van der Waals surface area contributed by atoms with Gasteiger partial charge in [-0.05, 0) is 31.0 Å². The number of benzene rings is 2. The number of hydrogen-bond donors (Lipinski definition) is 2. The molecule has 10 nitrogen and oxygen atoms in total. The molecule has 1 atom stereocenters. The van der Waals surface area contributed by atoms with Gasteiger partial charge < -0.3 is 20.5 Å². The fraction of sp³-hybridized carbons (Fsp3) is 0.250. The Morgan fingerprint density at radius 3 is 2.78 bits per heavy atom. The molecule has 0 radical (unpaired) electrons. The number of nitrogens with two attached hydrogens (primary N) is 1. The number of para-hydroxylation sites is 1. The monoisotopic (exact) mass is 592 g/mol. The van der Waals surface area contributed by atoms with Crippen LogP contribution in [0.1, 0.15) is 30.7 Å². The number of nitrogens with zero attached hydrogens (tertiary/aromatic N) is 4. The second-order valence-electron chi connectivity index (χ2n) is 9.09. The first-order valence-electron chi connectivity index (χ1n) is 12.5. The summed E-state index contributed by atoms with van der Waals surface area (Å²) in [5, 5.41) is 21.6. The van der Waals surface area contributed by atoms with Crippen LogP contribution in [-0.4, -0.2) is 41.9 Å². The molecule has 2 aliphatic rings. The van der Waals surface area contributed by atoms with Crippen molar-refractivity contribution in [3.8, 4) is 17.6 Å². The minimum absolute atomic E-state index is 0.0243. The molecule has 0 saturated carbocycles. The van der Waals surface area contributed by atoms with Crippen LogP contribution < -0.4 is 25.4 Å². The largest absolute Gasteiger partial charge is 0.497 e. The van der Waals surface area contributed by atoms with Crippen molar-refractivity contribution in [3.05, 3.63) is 76.5 Å². The Morgan fingerprint density at radius 2 is 2.05 bits per heavy atom. The van der Waals surface area contributed by atoms with E-state index in [4.69, 9.17) is 15.2 Å². The molecule has 3 aromatic rings. The van der Waals surface area contributed by atoms with Crippen LogP contribution in [0.5, 0.6) is 11.5 Å². The first-order chi connectivity index (χ1) is 19.9. The highest BCUT2D eigenvalue weighted by Gasteiger charge is 2.42. The normalized spacial score (nSPS) is 16.8. The van der Waals surface area contributed by atoms with Crippen molar-refractivity contribution in [2.24, 2.45) is 5.73 Å². The molecule has 13 heteroatoms. The van der Waals surface area contributed by atoms with Crippen LogP contribution in [0.15, 0.2) is 69.5 Å². The number of ether oxygens (including phenoxy) is 2. The third-order valence-electron chi connectivity index (χ3n) is 6.73. The fourth-order valence-corrected chi connectivity index (χ4v) is 6.58. The summed E-state index contributed by atoms with van der Waals surface area (Å²) in [5.41, 5.74) is 8.67. The summed E-state index contributed by atoms with van der Waals surface area (Å²) < 4.78 is 25.3.